The van der Waals surface area contributed by atoms with Gasteiger partial charge in [0.2, 0.25) is 20.0 Å². The third-order valence-electron chi connectivity index (χ3n) is 1.41. The van der Waals surface area contributed by atoms with E-state index in [1.807, 2.05) is 0 Å². The quantitative estimate of drug-likeness (QED) is 0.603. The molecule has 0 rings (SSSR count). The van der Waals surface area contributed by atoms with Crippen molar-refractivity contribution in [3.05, 3.63) is 0 Å². The van der Waals surface area contributed by atoms with Gasteiger partial charge in [-0.1, -0.05) is 0 Å². The molecule has 0 radical (unpaired) electrons. The van der Waals surface area contributed by atoms with Crippen molar-refractivity contribution in [2.24, 2.45) is 0 Å². The van der Waals surface area contributed by atoms with Crippen LogP contribution in [0.25, 0.3) is 0 Å². The molecule has 0 atom stereocenters. The minimum absolute atomic E-state index is 0.883. The Morgan fingerprint density at radius 1 is 0.769 bits per heavy atom. The van der Waals surface area contributed by atoms with Crippen LogP contribution in [0.15, 0.2) is 0 Å². The second-order valence-electron chi connectivity index (χ2n) is 2.91. The molecule has 0 aliphatic rings. The fourth-order valence-corrected chi connectivity index (χ4v) is 3.59. The van der Waals surface area contributed by atoms with Gasteiger partial charge in [0.15, 0.2) is 5.08 Å². The molecule has 0 saturated heterocycles. The minimum Gasteiger partial charge on any atom is -0.211 e. The number of rotatable bonds is 4. The monoisotopic (exact) mass is 230 g/mol. The van der Waals surface area contributed by atoms with Crippen LogP contribution >= 0.6 is 0 Å². The maximum absolute atomic E-state index is 11.2. The Kier molecular flexibility index (Phi) is 3.85. The zero-order valence-corrected chi connectivity index (χ0v) is 9.68. The summed E-state index contributed by atoms with van der Waals surface area (Å²) in [5, 5.41) is -0.889. The van der Waals surface area contributed by atoms with E-state index in [2.05, 4.69) is 0 Å². The Hall–Kier alpha value is -0.180. The van der Waals surface area contributed by atoms with Crippen LogP contribution in [-0.2, 0) is 20.0 Å². The predicted octanol–water partition coefficient (Wildman–Crippen LogP) is -1.27. The molecule has 13 heavy (non-hydrogen) atoms. The molecule has 0 aromatic heterocycles. The van der Waals surface area contributed by atoms with E-state index in [1.165, 1.54) is 28.2 Å². The van der Waals surface area contributed by atoms with Crippen molar-refractivity contribution in [1.82, 2.24) is 8.61 Å². The normalized spacial score (nSPS) is 14.0. The highest BCUT2D eigenvalue weighted by atomic mass is 32.3. The van der Waals surface area contributed by atoms with Crippen LogP contribution < -0.4 is 0 Å². The summed E-state index contributed by atoms with van der Waals surface area (Å²) in [5.74, 6) is 0. The molecule has 0 amide bonds. The lowest BCUT2D eigenvalue weighted by Crippen LogP contribution is -2.35. The zero-order valence-electron chi connectivity index (χ0n) is 8.05. The summed E-state index contributed by atoms with van der Waals surface area (Å²) in [7, 11) is -2.23. The molecule has 0 N–H and O–H groups in total. The lowest BCUT2D eigenvalue weighted by Gasteiger charge is -2.14. The van der Waals surface area contributed by atoms with Crippen molar-refractivity contribution in [1.29, 1.82) is 0 Å². The van der Waals surface area contributed by atoms with Gasteiger partial charge in [-0.3, -0.25) is 0 Å². The smallest absolute Gasteiger partial charge is 0.211 e. The Morgan fingerprint density at radius 3 is 1.15 bits per heavy atom. The first kappa shape index (κ1) is 12.8. The fourth-order valence-electron chi connectivity index (χ4n) is 0.399. The predicted molar refractivity (Wildman–Crippen MR) is 50.1 cm³/mol. The van der Waals surface area contributed by atoms with Gasteiger partial charge in [0.05, 0.1) is 0 Å². The summed E-state index contributed by atoms with van der Waals surface area (Å²) >= 11 is 0. The average molecular weight is 230 g/mol. The maximum atomic E-state index is 11.2. The number of hydrogen-bond donors (Lipinski definition) is 0. The van der Waals surface area contributed by atoms with Gasteiger partial charge in [0.1, 0.15) is 0 Å². The second-order valence-corrected chi connectivity index (χ2v) is 7.64. The first-order chi connectivity index (χ1) is 5.59. The van der Waals surface area contributed by atoms with Crippen LogP contribution in [0, 0.1) is 0 Å². The summed E-state index contributed by atoms with van der Waals surface area (Å²) in [6, 6.07) is 0. The first-order valence-corrected chi connectivity index (χ1v) is 6.62. The van der Waals surface area contributed by atoms with E-state index < -0.39 is 25.1 Å². The molecule has 0 aliphatic carbocycles. The number of hydrogen-bond acceptors (Lipinski definition) is 4. The summed E-state index contributed by atoms with van der Waals surface area (Å²) in [4.78, 5) is 0. The van der Waals surface area contributed by atoms with Crippen LogP contribution in [0.5, 0.6) is 0 Å². The Labute approximate surface area is 79.2 Å². The van der Waals surface area contributed by atoms with Gasteiger partial charge in [-0.15, -0.1) is 0 Å². The molecule has 0 heterocycles. The molecule has 0 aromatic carbocycles. The molecule has 8 heteroatoms. The van der Waals surface area contributed by atoms with Crippen molar-refractivity contribution in [3.63, 3.8) is 0 Å². The number of nitrogens with zero attached hydrogens (tertiary/aromatic N) is 2. The molecule has 0 saturated carbocycles. The third kappa shape index (κ3) is 3.59. The lowest BCUT2D eigenvalue weighted by molar-refractivity contribution is 0.510. The zero-order chi connectivity index (χ0) is 10.9. The van der Waals surface area contributed by atoms with Crippen molar-refractivity contribution in [3.8, 4) is 0 Å². The third-order valence-corrected chi connectivity index (χ3v) is 6.02. The van der Waals surface area contributed by atoms with Crippen molar-refractivity contribution in [2.45, 2.75) is 0 Å². The van der Waals surface area contributed by atoms with E-state index in [9.17, 15) is 16.8 Å². The molecule has 0 aliphatic heterocycles. The fraction of sp³-hybridized carbons (Fsp3) is 1.00. The van der Waals surface area contributed by atoms with Crippen molar-refractivity contribution in [2.75, 3.05) is 33.3 Å². The van der Waals surface area contributed by atoms with Crippen molar-refractivity contribution < 1.29 is 16.8 Å². The van der Waals surface area contributed by atoms with Crippen LogP contribution in [0.2, 0.25) is 0 Å². The SMILES string of the molecule is CN(C)S(=O)(=O)CS(=O)(=O)N(C)C. The molecular weight excluding hydrogens is 216 g/mol. The highest BCUT2D eigenvalue weighted by molar-refractivity contribution is 8.05. The number of sulfonamides is 2. The van der Waals surface area contributed by atoms with Crippen LogP contribution in [0.3, 0.4) is 0 Å². The Morgan fingerprint density at radius 2 is 1.00 bits per heavy atom. The molecular formula is C5H14N2O4S2. The van der Waals surface area contributed by atoms with E-state index in [4.69, 9.17) is 0 Å². The topological polar surface area (TPSA) is 74.8 Å². The summed E-state index contributed by atoms with van der Waals surface area (Å²) in [6.45, 7) is 0. The molecule has 6 nitrogen and oxygen atoms in total. The van der Waals surface area contributed by atoms with Crippen LogP contribution in [0.4, 0.5) is 0 Å². The largest absolute Gasteiger partial charge is 0.229 e. The van der Waals surface area contributed by atoms with E-state index in [0.29, 0.717) is 0 Å². The van der Waals surface area contributed by atoms with E-state index in [0.717, 1.165) is 8.61 Å². The first-order valence-electron chi connectivity index (χ1n) is 3.40. The van der Waals surface area contributed by atoms with Gasteiger partial charge in [-0.25, -0.2) is 25.4 Å². The lowest BCUT2D eigenvalue weighted by atomic mass is 11.3. The highest BCUT2D eigenvalue weighted by Gasteiger charge is 2.25. The highest BCUT2D eigenvalue weighted by Crippen LogP contribution is 2.03. The summed E-state index contributed by atoms with van der Waals surface area (Å²) in [6.07, 6.45) is 0. The van der Waals surface area contributed by atoms with Gasteiger partial charge in [0.25, 0.3) is 0 Å². The minimum atomic E-state index is -3.70. The van der Waals surface area contributed by atoms with Gasteiger partial charge in [-0.05, 0) is 0 Å². The van der Waals surface area contributed by atoms with E-state index in [1.54, 1.807) is 0 Å². The van der Waals surface area contributed by atoms with Gasteiger partial charge in [0, 0.05) is 28.2 Å². The standard InChI is InChI=1S/C5H14N2O4S2/c1-6(2)12(8,9)5-13(10,11)7(3)4/h5H2,1-4H3. The van der Waals surface area contributed by atoms with Crippen molar-refractivity contribution >= 4 is 20.0 Å². The van der Waals surface area contributed by atoms with Crippen LogP contribution in [-0.4, -0.2) is 58.7 Å². The summed E-state index contributed by atoms with van der Waals surface area (Å²) < 4.78 is 46.4. The van der Waals surface area contributed by atoms with Gasteiger partial charge < -0.3 is 0 Å². The van der Waals surface area contributed by atoms with Crippen LogP contribution in [0.1, 0.15) is 0 Å². The second kappa shape index (κ2) is 3.91. The molecule has 0 spiro atoms. The maximum Gasteiger partial charge on any atom is 0.229 e. The van der Waals surface area contributed by atoms with E-state index >= 15 is 0 Å². The molecule has 80 valence electrons. The molecule has 0 aromatic rings. The molecule has 0 unspecified atom stereocenters. The molecule has 0 bridgehead atoms. The Balaban J connectivity index is 4.86. The molecule has 0 fully saturated rings. The average Bonchev–Trinajstić information content (AvgIpc) is 1.83. The summed E-state index contributed by atoms with van der Waals surface area (Å²) in [5.41, 5.74) is 0. The van der Waals surface area contributed by atoms with Gasteiger partial charge in [-0.2, -0.15) is 0 Å². The van der Waals surface area contributed by atoms with E-state index in [-0.39, 0.29) is 0 Å². The Bertz CT molecular complexity index is 318. The van der Waals surface area contributed by atoms with Gasteiger partial charge >= 0.3 is 0 Å².